The lowest BCUT2D eigenvalue weighted by Gasteiger charge is -2.27. The lowest BCUT2D eigenvalue weighted by atomic mass is 10.3. The summed E-state index contributed by atoms with van der Waals surface area (Å²) in [7, 11) is -1.47. The Balaban J connectivity index is 2.40. The first kappa shape index (κ1) is 13.9. The highest BCUT2D eigenvalue weighted by Crippen LogP contribution is 2.06. The van der Waals surface area contributed by atoms with E-state index in [2.05, 4.69) is 5.32 Å². The van der Waals surface area contributed by atoms with E-state index >= 15 is 0 Å². The Morgan fingerprint density at radius 1 is 1.50 bits per heavy atom. The highest BCUT2D eigenvalue weighted by atomic mass is 32.2. The van der Waals surface area contributed by atoms with E-state index in [0.29, 0.717) is 13.2 Å². The maximum absolute atomic E-state index is 11.8. The van der Waals surface area contributed by atoms with E-state index in [1.807, 2.05) is 6.92 Å². The summed E-state index contributed by atoms with van der Waals surface area (Å²) in [5, 5.41) is 3.19. The third-order valence-electron chi connectivity index (χ3n) is 2.70. The molecule has 5 nitrogen and oxygen atoms in total. The van der Waals surface area contributed by atoms with Crippen LogP contribution in [0.15, 0.2) is 0 Å². The summed E-state index contributed by atoms with van der Waals surface area (Å²) in [5.41, 5.74) is 0. The van der Waals surface area contributed by atoms with Crippen LogP contribution in [0.5, 0.6) is 0 Å². The van der Waals surface area contributed by atoms with E-state index in [-0.39, 0.29) is 11.9 Å². The highest BCUT2D eigenvalue weighted by molar-refractivity contribution is 7.89. The van der Waals surface area contributed by atoms with E-state index in [1.54, 1.807) is 7.05 Å². The molecule has 1 saturated heterocycles. The highest BCUT2D eigenvalue weighted by Gasteiger charge is 2.22. The minimum Gasteiger partial charge on any atom is -0.374 e. The first-order valence-corrected chi connectivity index (χ1v) is 7.43. The van der Waals surface area contributed by atoms with Gasteiger partial charge in [-0.15, -0.1) is 0 Å². The first-order chi connectivity index (χ1) is 7.56. The van der Waals surface area contributed by atoms with Gasteiger partial charge in [0.25, 0.3) is 0 Å². The van der Waals surface area contributed by atoms with E-state index in [1.165, 1.54) is 4.31 Å². The fraction of sp³-hybridized carbons (Fsp3) is 1.00. The van der Waals surface area contributed by atoms with Gasteiger partial charge in [-0.2, -0.15) is 0 Å². The number of nitrogens with zero attached hydrogens (tertiary/aromatic N) is 1. The Labute approximate surface area is 98.2 Å². The third-order valence-corrected chi connectivity index (χ3v) is 4.60. The van der Waals surface area contributed by atoms with Crippen molar-refractivity contribution in [2.45, 2.75) is 25.9 Å². The minimum absolute atomic E-state index is 0.0184. The zero-order valence-corrected chi connectivity index (χ0v) is 10.9. The van der Waals surface area contributed by atoms with Crippen LogP contribution in [0.2, 0.25) is 0 Å². The number of unbranched alkanes of at least 4 members (excludes halogenated alkanes) is 1. The number of nitrogens with one attached hydrogen (secondary N) is 1. The molecule has 0 aliphatic carbocycles. The normalized spacial score (nSPS) is 22.6. The lowest BCUT2D eigenvalue weighted by molar-refractivity contribution is 0.0206. The van der Waals surface area contributed by atoms with Crippen LogP contribution in [-0.2, 0) is 14.8 Å². The van der Waals surface area contributed by atoms with Crippen LogP contribution in [-0.4, -0.2) is 57.9 Å². The number of morpholine rings is 1. The van der Waals surface area contributed by atoms with E-state index in [4.69, 9.17) is 4.74 Å². The molecule has 1 fully saturated rings. The van der Waals surface area contributed by atoms with Gasteiger partial charge in [-0.1, -0.05) is 13.3 Å². The van der Waals surface area contributed by atoms with Crippen molar-refractivity contribution in [1.29, 1.82) is 0 Å². The fourth-order valence-corrected chi connectivity index (χ4v) is 2.98. The van der Waals surface area contributed by atoms with Gasteiger partial charge in [0.15, 0.2) is 0 Å². The topological polar surface area (TPSA) is 58.6 Å². The predicted octanol–water partition coefficient (Wildman–Crippen LogP) is 0.0365. The van der Waals surface area contributed by atoms with Gasteiger partial charge >= 0.3 is 0 Å². The predicted molar refractivity (Wildman–Crippen MR) is 63.9 cm³/mol. The number of hydrogen-bond donors (Lipinski definition) is 1. The van der Waals surface area contributed by atoms with Crippen molar-refractivity contribution in [2.75, 3.05) is 39.0 Å². The molecule has 1 unspecified atom stereocenters. The number of likely N-dealkylation sites (N-methyl/N-ethyl adjacent to an activating group) is 1. The summed E-state index contributed by atoms with van der Waals surface area (Å²) in [6.45, 7) is 4.67. The fourth-order valence-electron chi connectivity index (χ4n) is 1.62. The summed E-state index contributed by atoms with van der Waals surface area (Å²) in [5.74, 6) is 0.236. The maximum atomic E-state index is 11.8. The van der Waals surface area contributed by atoms with Crippen molar-refractivity contribution in [3.63, 3.8) is 0 Å². The van der Waals surface area contributed by atoms with Crippen molar-refractivity contribution < 1.29 is 13.2 Å². The molecular formula is C10H22N2O3S. The zero-order chi connectivity index (χ0) is 12.0. The molecule has 0 aromatic heterocycles. The van der Waals surface area contributed by atoms with Gasteiger partial charge in [-0.05, 0) is 6.42 Å². The minimum atomic E-state index is -3.10. The molecule has 0 radical (unpaired) electrons. The van der Waals surface area contributed by atoms with E-state index in [0.717, 1.165) is 25.9 Å². The summed E-state index contributed by atoms with van der Waals surface area (Å²) in [6.07, 6.45) is 1.60. The molecule has 1 atom stereocenters. The first-order valence-electron chi connectivity index (χ1n) is 5.82. The molecule has 6 heteroatoms. The van der Waals surface area contributed by atoms with Crippen molar-refractivity contribution in [3.05, 3.63) is 0 Å². The Bertz CT molecular complexity index is 286. The van der Waals surface area contributed by atoms with Crippen LogP contribution in [0.1, 0.15) is 19.8 Å². The molecular weight excluding hydrogens is 228 g/mol. The SMILES string of the molecule is CCCCS(=O)(=O)N(C)CC1CNCCO1. The van der Waals surface area contributed by atoms with Crippen molar-refractivity contribution in [1.82, 2.24) is 9.62 Å². The second kappa shape index (κ2) is 6.54. The lowest BCUT2D eigenvalue weighted by Crippen LogP contribution is -2.46. The standard InChI is InChI=1S/C10H22N2O3S/c1-3-4-7-16(13,14)12(2)9-10-8-11-5-6-15-10/h10-11H,3-9H2,1-2H3. The quantitative estimate of drug-likeness (QED) is 0.723. The van der Waals surface area contributed by atoms with Gasteiger partial charge in [-0.3, -0.25) is 0 Å². The van der Waals surface area contributed by atoms with E-state index in [9.17, 15) is 8.42 Å². The maximum Gasteiger partial charge on any atom is 0.213 e. The average molecular weight is 250 g/mol. The van der Waals surface area contributed by atoms with Crippen LogP contribution < -0.4 is 5.32 Å². The molecule has 0 saturated carbocycles. The van der Waals surface area contributed by atoms with Crippen LogP contribution in [0.3, 0.4) is 0 Å². The molecule has 96 valence electrons. The Morgan fingerprint density at radius 2 is 2.25 bits per heavy atom. The molecule has 0 aromatic carbocycles. The summed E-state index contributed by atoms with van der Waals surface area (Å²) < 4.78 is 30.5. The Morgan fingerprint density at radius 3 is 2.81 bits per heavy atom. The smallest absolute Gasteiger partial charge is 0.213 e. The van der Waals surface area contributed by atoms with Gasteiger partial charge in [0.2, 0.25) is 10.0 Å². The molecule has 1 heterocycles. The van der Waals surface area contributed by atoms with Crippen molar-refractivity contribution in [2.24, 2.45) is 0 Å². The van der Waals surface area contributed by atoms with Crippen LogP contribution in [0, 0.1) is 0 Å². The average Bonchev–Trinajstić information content (AvgIpc) is 2.28. The van der Waals surface area contributed by atoms with Gasteiger partial charge in [0.1, 0.15) is 0 Å². The molecule has 1 aliphatic rings. The number of sulfonamides is 1. The summed E-state index contributed by atoms with van der Waals surface area (Å²) >= 11 is 0. The van der Waals surface area contributed by atoms with E-state index < -0.39 is 10.0 Å². The second-order valence-electron chi connectivity index (χ2n) is 4.15. The van der Waals surface area contributed by atoms with Gasteiger partial charge in [0.05, 0.1) is 18.5 Å². The molecule has 0 aromatic rings. The van der Waals surface area contributed by atoms with Gasteiger partial charge in [-0.25, -0.2) is 12.7 Å². The largest absolute Gasteiger partial charge is 0.374 e. The zero-order valence-electron chi connectivity index (χ0n) is 10.1. The van der Waals surface area contributed by atoms with Gasteiger partial charge < -0.3 is 10.1 Å². The monoisotopic (exact) mass is 250 g/mol. The Hall–Kier alpha value is -0.170. The van der Waals surface area contributed by atoms with Crippen molar-refractivity contribution >= 4 is 10.0 Å². The molecule has 1 rings (SSSR count). The number of ether oxygens (including phenoxy) is 1. The van der Waals surface area contributed by atoms with Crippen molar-refractivity contribution in [3.8, 4) is 0 Å². The molecule has 0 amide bonds. The third kappa shape index (κ3) is 4.37. The van der Waals surface area contributed by atoms with Crippen LogP contribution in [0.25, 0.3) is 0 Å². The van der Waals surface area contributed by atoms with Crippen LogP contribution in [0.4, 0.5) is 0 Å². The van der Waals surface area contributed by atoms with Crippen LogP contribution >= 0.6 is 0 Å². The molecule has 1 aliphatic heterocycles. The summed E-state index contributed by atoms with van der Waals surface area (Å²) in [6, 6.07) is 0. The number of hydrogen-bond acceptors (Lipinski definition) is 4. The molecule has 1 N–H and O–H groups in total. The molecule has 0 bridgehead atoms. The molecule has 0 spiro atoms. The summed E-state index contributed by atoms with van der Waals surface area (Å²) in [4.78, 5) is 0. The Kier molecular flexibility index (Phi) is 5.68. The number of rotatable bonds is 6. The molecule has 16 heavy (non-hydrogen) atoms. The van der Waals surface area contributed by atoms with Gasteiger partial charge in [0, 0.05) is 26.7 Å². The second-order valence-corrected chi connectivity index (χ2v) is 6.34.